The first-order valence-corrected chi connectivity index (χ1v) is 10.1. The second-order valence-electron chi connectivity index (χ2n) is 6.77. The fraction of sp³-hybridized carbons (Fsp3) is 0.240. The van der Waals surface area contributed by atoms with Crippen LogP contribution in [0.1, 0.15) is 29.3 Å². The third-order valence-electron chi connectivity index (χ3n) is 4.40. The zero-order chi connectivity index (χ0) is 21.2. The van der Waals surface area contributed by atoms with E-state index in [2.05, 4.69) is 5.32 Å². The second kappa shape index (κ2) is 10.9. The molecule has 0 bridgehead atoms. The van der Waals surface area contributed by atoms with Crippen LogP contribution in [0.4, 0.5) is 5.69 Å². The summed E-state index contributed by atoms with van der Waals surface area (Å²) in [6.45, 7) is 5.62. The van der Waals surface area contributed by atoms with Gasteiger partial charge in [-0.2, -0.15) is 0 Å². The number of carbonyl (C=O) groups is 1. The Morgan fingerprint density at radius 2 is 1.40 bits per heavy atom. The number of para-hydroxylation sites is 2. The summed E-state index contributed by atoms with van der Waals surface area (Å²) in [5, 5.41) is 2.89. The molecule has 0 atom stereocenters. The van der Waals surface area contributed by atoms with Crippen molar-refractivity contribution < 1.29 is 19.0 Å². The molecule has 3 aromatic rings. The Bertz CT molecular complexity index is 936. The van der Waals surface area contributed by atoms with Crippen molar-refractivity contribution >= 4 is 11.6 Å². The predicted molar refractivity (Wildman–Crippen MR) is 119 cm³/mol. The van der Waals surface area contributed by atoms with Crippen LogP contribution in [0.15, 0.2) is 72.8 Å². The molecule has 5 heteroatoms. The van der Waals surface area contributed by atoms with Gasteiger partial charge >= 0.3 is 0 Å². The molecule has 0 radical (unpaired) electrons. The average molecular weight is 405 g/mol. The number of amides is 1. The topological polar surface area (TPSA) is 56.8 Å². The molecule has 156 valence electrons. The molecule has 0 heterocycles. The van der Waals surface area contributed by atoms with Crippen molar-refractivity contribution in [2.24, 2.45) is 0 Å². The number of aryl methyl sites for hydroxylation is 1. The summed E-state index contributed by atoms with van der Waals surface area (Å²) in [6, 6.07) is 22.5. The summed E-state index contributed by atoms with van der Waals surface area (Å²) < 4.78 is 17.0. The van der Waals surface area contributed by atoms with Crippen molar-refractivity contribution in [2.45, 2.75) is 20.3 Å². The fourth-order valence-electron chi connectivity index (χ4n) is 2.82. The van der Waals surface area contributed by atoms with Crippen molar-refractivity contribution in [3.8, 4) is 17.2 Å². The number of rotatable bonds is 10. The average Bonchev–Trinajstić information content (AvgIpc) is 2.77. The zero-order valence-corrected chi connectivity index (χ0v) is 17.4. The molecule has 0 aromatic heterocycles. The van der Waals surface area contributed by atoms with Gasteiger partial charge in [-0.05, 0) is 62.4 Å². The van der Waals surface area contributed by atoms with Gasteiger partial charge in [-0.15, -0.1) is 0 Å². The normalized spacial score (nSPS) is 10.3. The smallest absolute Gasteiger partial charge is 0.255 e. The molecule has 0 aliphatic heterocycles. The molecular formula is C25H27NO4. The number of ether oxygens (including phenoxy) is 3. The first kappa shape index (κ1) is 21.2. The maximum Gasteiger partial charge on any atom is 0.255 e. The molecule has 0 aliphatic rings. The molecule has 5 nitrogen and oxygen atoms in total. The van der Waals surface area contributed by atoms with Gasteiger partial charge in [0.25, 0.3) is 5.91 Å². The van der Waals surface area contributed by atoms with Crippen molar-refractivity contribution in [1.82, 2.24) is 0 Å². The maximum atomic E-state index is 12.5. The molecule has 0 saturated carbocycles. The molecule has 3 rings (SSSR count). The van der Waals surface area contributed by atoms with Gasteiger partial charge in [0, 0.05) is 12.0 Å². The maximum absolute atomic E-state index is 12.5. The summed E-state index contributed by atoms with van der Waals surface area (Å²) in [6.07, 6.45) is 0.768. The molecule has 0 saturated heterocycles. The highest BCUT2D eigenvalue weighted by Crippen LogP contribution is 2.24. The van der Waals surface area contributed by atoms with Crippen LogP contribution in [0.3, 0.4) is 0 Å². The first-order valence-electron chi connectivity index (χ1n) is 10.1. The van der Waals surface area contributed by atoms with Gasteiger partial charge < -0.3 is 19.5 Å². The van der Waals surface area contributed by atoms with E-state index >= 15 is 0 Å². The van der Waals surface area contributed by atoms with Gasteiger partial charge in [-0.3, -0.25) is 4.79 Å². The molecule has 1 N–H and O–H groups in total. The predicted octanol–water partition coefficient (Wildman–Crippen LogP) is 5.49. The third kappa shape index (κ3) is 6.27. The lowest BCUT2D eigenvalue weighted by Gasteiger charge is -2.12. The third-order valence-corrected chi connectivity index (χ3v) is 4.40. The van der Waals surface area contributed by atoms with E-state index in [9.17, 15) is 4.79 Å². The lowest BCUT2D eigenvalue weighted by atomic mass is 10.2. The first-order chi connectivity index (χ1) is 14.7. The van der Waals surface area contributed by atoms with Crippen molar-refractivity contribution in [3.63, 3.8) is 0 Å². The Labute approximate surface area is 177 Å². The highest BCUT2D eigenvalue weighted by molar-refractivity contribution is 6.05. The number of anilines is 1. The quantitative estimate of drug-likeness (QED) is 0.453. The number of nitrogens with one attached hydrogen (secondary N) is 1. The highest BCUT2D eigenvalue weighted by atomic mass is 16.5. The standard InChI is InChI=1S/C25H27NO4/c1-3-28-24-8-5-4-7-23(24)26-25(27)20-11-15-22(16-12-20)30-18-6-17-29-21-13-9-19(2)10-14-21/h4-5,7-16H,3,6,17-18H2,1-2H3,(H,26,27). The van der Waals surface area contributed by atoms with Crippen LogP contribution in [-0.4, -0.2) is 25.7 Å². The monoisotopic (exact) mass is 405 g/mol. The van der Waals surface area contributed by atoms with E-state index in [-0.39, 0.29) is 5.91 Å². The molecule has 0 fully saturated rings. The van der Waals surface area contributed by atoms with Gasteiger partial charge in [0.1, 0.15) is 17.2 Å². The lowest BCUT2D eigenvalue weighted by molar-refractivity contribution is 0.102. The SMILES string of the molecule is CCOc1ccccc1NC(=O)c1ccc(OCCCOc2ccc(C)cc2)cc1. The zero-order valence-electron chi connectivity index (χ0n) is 17.4. The van der Waals surface area contributed by atoms with E-state index < -0.39 is 0 Å². The number of hydrogen-bond acceptors (Lipinski definition) is 4. The molecule has 0 unspecified atom stereocenters. The van der Waals surface area contributed by atoms with Crippen LogP contribution < -0.4 is 19.5 Å². The molecule has 0 aliphatic carbocycles. The van der Waals surface area contributed by atoms with E-state index in [0.29, 0.717) is 36.8 Å². The molecule has 1 amide bonds. The van der Waals surface area contributed by atoms with Gasteiger partial charge in [0.15, 0.2) is 0 Å². The Balaban J connectivity index is 1.44. The molecule has 0 spiro atoms. The molecule has 3 aromatic carbocycles. The minimum Gasteiger partial charge on any atom is -0.493 e. The number of benzene rings is 3. The van der Waals surface area contributed by atoms with E-state index in [0.717, 1.165) is 17.9 Å². The molecule has 30 heavy (non-hydrogen) atoms. The summed E-state index contributed by atoms with van der Waals surface area (Å²) in [4.78, 5) is 12.5. The minimum absolute atomic E-state index is 0.194. The summed E-state index contributed by atoms with van der Waals surface area (Å²) in [5.41, 5.74) is 2.41. The van der Waals surface area contributed by atoms with Crippen LogP contribution >= 0.6 is 0 Å². The minimum atomic E-state index is -0.194. The lowest BCUT2D eigenvalue weighted by Crippen LogP contribution is -2.13. The fourth-order valence-corrected chi connectivity index (χ4v) is 2.82. The Morgan fingerprint density at radius 1 is 0.800 bits per heavy atom. The van der Waals surface area contributed by atoms with Crippen molar-refractivity contribution in [3.05, 3.63) is 83.9 Å². The second-order valence-corrected chi connectivity index (χ2v) is 6.77. The Kier molecular flexibility index (Phi) is 7.72. The van der Waals surface area contributed by atoms with E-state index in [1.807, 2.05) is 62.4 Å². The van der Waals surface area contributed by atoms with Crippen LogP contribution in [0.25, 0.3) is 0 Å². The largest absolute Gasteiger partial charge is 0.493 e. The summed E-state index contributed by atoms with van der Waals surface area (Å²) in [7, 11) is 0. The highest BCUT2D eigenvalue weighted by Gasteiger charge is 2.10. The Hall–Kier alpha value is -3.47. The number of hydrogen-bond donors (Lipinski definition) is 1. The van der Waals surface area contributed by atoms with Crippen LogP contribution in [-0.2, 0) is 0 Å². The number of carbonyl (C=O) groups excluding carboxylic acids is 1. The van der Waals surface area contributed by atoms with Gasteiger partial charge in [-0.1, -0.05) is 29.8 Å². The van der Waals surface area contributed by atoms with Crippen LogP contribution in [0.2, 0.25) is 0 Å². The van der Waals surface area contributed by atoms with Crippen LogP contribution in [0, 0.1) is 6.92 Å². The van der Waals surface area contributed by atoms with Gasteiger partial charge in [0.2, 0.25) is 0 Å². The van der Waals surface area contributed by atoms with Crippen molar-refractivity contribution in [2.75, 3.05) is 25.1 Å². The summed E-state index contributed by atoms with van der Waals surface area (Å²) in [5.74, 6) is 2.04. The van der Waals surface area contributed by atoms with E-state index in [4.69, 9.17) is 14.2 Å². The van der Waals surface area contributed by atoms with Gasteiger partial charge in [-0.25, -0.2) is 0 Å². The van der Waals surface area contributed by atoms with E-state index in [1.165, 1.54) is 5.56 Å². The molecular weight excluding hydrogens is 378 g/mol. The van der Waals surface area contributed by atoms with Crippen LogP contribution in [0.5, 0.6) is 17.2 Å². The van der Waals surface area contributed by atoms with Gasteiger partial charge in [0.05, 0.1) is 25.5 Å². The van der Waals surface area contributed by atoms with E-state index in [1.54, 1.807) is 24.3 Å². The summed E-state index contributed by atoms with van der Waals surface area (Å²) >= 11 is 0. The van der Waals surface area contributed by atoms with Crippen molar-refractivity contribution in [1.29, 1.82) is 0 Å². The Morgan fingerprint density at radius 3 is 2.03 bits per heavy atom.